The number of methoxy groups -OCH3 is 1. The molecule has 0 bridgehead atoms. The summed E-state index contributed by atoms with van der Waals surface area (Å²) in [6.07, 6.45) is 1.70. The molecule has 0 aliphatic carbocycles. The number of nitriles is 1. The Labute approximate surface area is 204 Å². The Morgan fingerprint density at radius 2 is 1.97 bits per heavy atom. The molecule has 0 radical (unpaired) electrons. The van der Waals surface area contributed by atoms with E-state index in [4.69, 9.17) is 15.7 Å². The standard InChI is InChI=1S/C27H29FN4O3/c1-35-17-18-4-6-19(7-5-18)26-23(20-8-9-21(15-29)24(28)13-20)14-25(32(26)11-12-33)27(34)31-10-2-3-22(30)16-31/h4-9,13-14,22,33H,2-3,10-12,16-17,30H2,1H3/t22-/m1/s1. The molecular formula is C27H29FN4O3. The number of hydrogen-bond donors (Lipinski definition) is 2. The van der Waals surface area contributed by atoms with Gasteiger partial charge in [-0.3, -0.25) is 4.79 Å². The number of nitrogens with two attached hydrogens (primary N) is 1. The second-order valence-corrected chi connectivity index (χ2v) is 8.76. The molecule has 0 saturated carbocycles. The Balaban J connectivity index is 1.89. The molecule has 4 rings (SSSR count). The van der Waals surface area contributed by atoms with Gasteiger partial charge in [0.15, 0.2) is 0 Å². The summed E-state index contributed by atoms with van der Waals surface area (Å²) >= 11 is 0. The van der Waals surface area contributed by atoms with Crippen LogP contribution in [0.2, 0.25) is 0 Å². The molecule has 2 heterocycles. The highest BCUT2D eigenvalue weighted by atomic mass is 19.1. The number of rotatable bonds is 7. The molecule has 1 fully saturated rings. The number of likely N-dealkylation sites (tertiary alicyclic amines) is 1. The van der Waals surface area contributed by atoms with Gasteiger partial charge in [-0.05, 0) is 47.7 Å². The number of aliphatic hydroxyl groups is 1. The van der Waals surface area contributed by atoms with Crippen LogP contribution in [-0.4, -0.2) is 53.3 Å². The molecule has 1 aliphatic rings. The highest BCUT2D eigenvalue weighted by Gasteiger charge is 2.28. The summed E-state index contributed by atoms with van der Waals surface area (Å²) in [7, 11) is 1.63. The van der Waals surface area contributed by atoms with E-state index in [0.717, 1.165) is 24.0 Å². The minimum Gasteiger partial charge on any atom is -0.395 e. The second-order valence-electron chi connectivity index (χ2n) is 8.76. The predicted octanol–water partition coefficient (Wildman–Crippen LogP) is 3.53. The summed E-state index contributed by atoms with van der Waals surface area (Å²) in [5.41, 5.74) is 10.2. The van der Waals surface area contributed by atoms with Crippen LogP contribution in [0.3, 0.4) is 0 Å². The van der Waals surface area contributed by atoms with Gasteiger partial charge in [0.1, 0.15) is 17.6 Å². The van der Waals surface area contributed by atoms with Gasteiger partial charge < -0.3 is 25.0 Å². The maximum Gasteiger partial charge on any atom is 0.270 e. The van der Waals surface area contributed by atoms with E-state index in [9.17, 15) is 14.3 Å². The molecule has 35 heavy (non-hydrogen) atoms. The fraction of sp³-hybridized carbons (Fsp3) is 0.333. The van der Waals surface area contributed by atoms with Gasteiger partial charge in [0, 0.05) is 38.3 Å². The van der Waals surface area contributed by atoms with Crippen LogP contribution in [0.15, 0.2) is 48.5 Å². The van der Waals surface area contributed by atoms with Crippen molar-refractivity contribution in [3.8, 4) is 28.5 Å². The smallest absolute Gasteiger partial charge is 0.270 e. The zero-order valence-electron chi connectivity index (χ0n) is 19.7. The highest BCUT2D eigenvalue weighted by Crippen LogP contribution is 2.37. The minimum atomic E-state index is -0.629. The highest BCUT2D eigenvalue weighted by molar-refractivity contribution is 5.98. The lowest BCUT2D eigenvalue weighted by Crippen LogP contribution is -2.46. The summed E-state index contributed by atoms with van der Waals surface area (Å²) in [6.45, 7) is 1.55. The SMILES string of the molecule is COCc1ccc(-c2c(-c3ccc(C#N)c(F)c3)cc(C(=O)N3CCC[C@@H](N)C3)n2CCO)cc1. The van der Waals surface area contributed by atoms with Crippen molar-refractivity contribution in [2.45, 2.75) is 32.0 Å². The topological polar surface area (TPSA) is 105 Å². The fourth-order valence-electron chi connectivity index (χ4n) is 4.64. The predicted molar refractivity (Wildman–Crippen MR) is 131 cm³/mol. The quantitative estimate of drug-likeness (QED) is 0.543. The number of aromatic nitrogens is 1. The lowest BCUT2D eigenvalue weighted by atomic mass is 9.99. The van der Waals surface area contributed by atoms with Crippen LogP contribution in [-0.2, 0) is 17.9 Å². The number of aliphatic hydroxyl groups excluding tert-OH is 1. The lowest BCUT2D eigenvalue weighted by molar-refractivity contribution is 0.0697. The maximum absolute atomic E-state index is 14.6. The maximum atomic E-state index is 14.6. The molecule has 1 saturated heterocycles. The van der Waals surface area contributed by atoms with Crippen molar-refractivity contribution in [2.24, 2.45) is 5.73 Å². The van der Waals surface area contributed by atoms with Crippen molar-refractivity contribution < 1.29 is 19.0 Å². The van der Waals surface area contributed by atoms with Crippen molar-refractivity contribution in [2.75, 3.05) is 26.8 Å². The van der Waals surface area contributed by atoms with Crippen LogP contribution < -0.4 is 5.73 Å². The van der Waals surface area contributed by atoms with E-state index in [1.165, 1.54) is 12.1 Å². The van der Waals surface area contributed by atoms with E-state index < -0.39 is 5.82 Å². The van der Waals surface area contributed by atoms with Gasteiger partial charge in [-0.25, -0.2) is 4.39 Å². The molecule has 1 aromatic heterocycles. The van der Waals surface area contributed by atoms with E-state index >= 15 is 0 Å². The van der Waals surface area contributed by atoms with Crippen molar-refractivity contribution in [1.82, 2.24) is 9.47 Å². The largest absolute Gasteiger partial charge is 0.395 e. The number of nitrogens with zero attached hydrogens (tertiary/aromatic N) is 3. The summed E-state index contributed by atoms with van der Waals surface area (Å²) in [4.78, 5) is 15.4. The Morgan fingerprint density at radius 3 is 2.60 bits per heavy atom. The number of ether oxygens (including phenoxy) is 1. The molecule has 0 unspecified atom stereocenters. The summed E-state index contributed by atoms with van der Waals surface area (Å²) in [6, 6.07) is 15.6. The minimum absolute atomic E-state index is 0.0485. The van der Waals surface area contributed by atoms with Crippen LogP contribution >= 0.6 is 0 Å². The monoisotopic (exact) mass is 476 g/mol. The molecule has 2 aromatic carbocycles. The normalized spacial score (nSPS) is 15.7. The van der Waals surface area contributed by atoms with Gasteiger partial charge in [-0.2, -0.15) is 5.26 Å². The third kappa shape index (κ3) is 5.13. The van der Waals surface area contributed by atoms with Crippen LogP contribution in [0.4, 0.5) is 4.39 Å². The molecule has 7 nitrogen and oxygen atoms in total. The zero-order valence-corrected chi connectivity index (χ0v) is 19.7. The molecule has 1 atom stereocenters. The third-order valence-corrected chi connectivity index (χ3v) is 6.32. The zero-order chi connectivity index (χ0) is 24.9. The Morgan fingerprint density at radius 1 is 1.23 bits per heavy atom. The number of amides is 1. The molecule has 1 aliphatic heterocycles. The first-order chi connectivity index (χ1) is 17.0. The number of carbonyl (C=O) groups is 1. The Bertz CT molecular complexity index is 1250. The van der Waals surface area contributed by atoms with Gasteiger partial charge >= 0.3 is 0 Å². The van der Waals surface area contributed by atoms with Crippen LogP contribution in [0.5, 0.6) is 0 Å². The summed E-state index contributed by atoms with van der Waals surface area (Å²) in [5, 5.41) is 19.0. The number of hydrogen-bond acceptors (Lipinski definition) is 5. The van der Waals surface area contributed by atoms with E-state index in [2.05, 4.69) is 0 Å². The Hall–Kier alpha value is -3.51. The van der Waals surface area contributed by atoms with Crippen LogP contribution in [0.25, 0.3) is 22.4 Å². The number of benzene rings is 2. The van der Waals surface area contributed by atoms with Crippen molar-refractivity contribution >= 4 is 5.91 Å². The van der Waals surface area contributed by atoms with Gasteiger partial charge in [0.25, 0.3) is 5.91 Å². The first-order valence-corrected chi connectivity index (χ1v) is 11.6. The molecule has 1 amide bonds. The van der Waals surface area contributed by atoms with E-state index in [1.54, 1.807) is 28.7 Å². The van der Waals surface area contributed by atoms with Gasteiger partial charge in [0.2, 0.25) is 0 Å². The first kappa shape index (κ1) is 24.6. The summed E-state index contributed by atoms with van der Waals surface area (Å²) in [5.74, 6) is -0.803. The molecule has 8 heteroatoms. The number of halogens is 1. The fourth-order valence-corrected chi connectivity index (χ4v) is 4.64. The average molecular weight is 477 g/mol. The first-order valence-electron chi connectivity index (χ1n) is 11.6. The van der Waals surface area contributed by atoms with Gasteiger partial charge in [-0.1, -0.05) is 30.3 Å². The number of piperidine rings is 1. The second kappa shape index (κ2) is 10.8. The van der Waals surface area contributed by atoms with Crippen LogP contribution in [0.1, 0.15) is 34.5 Å². The van der Waals surface area contributed by atoms with E-state index in [1.807, 2.05) is 30.3 Å². The average Bonchev–Trinajstić information content (AvgIpc) is 3.23. The van der Waals surface area contributed by atoms with Gasteiger partial charge in [-0.15, -0.1) is 0 Å². The van der Waals surface area contributed by atoms with Crippen molar-refractivity contribution in [1.29, 1.82) is 5.26 Å². The molecular weight excluding hydrogens is 447 g/mol. The van der Waals surface area contributed by atoms with E-state index in [-0.39, 0.29) is 30.7 Å². The molecule has 182 valence electrons. The van der Waals surface area contributed by atoms with Crippen LogP contribution in [0, 0.1) is 17.1 Å². The Kier molecular flexibility index (Phi) is 7.61. The van der Waals surface area contributed by atoms with E-state index in [0.29, 0.717) is 42.2 Å². The third-order valence-electron chi connectivity index (χ3n) is 6.32. The molecule has 3 aromatic rings. The molecule has 0 spiro atoms. The number of carbonyl (C=O) groups excluding carboxylic acids is 1. The molecule has 3 N–H and O–H groups in total. The van der Waals surface area contributed by atoms with Crippen molar-refractivity contribution in [3.63, 3.8) is 0 Å². The summed E-state index contributed by atoms with van der Waals surface area (Å²) < 4.78 is 21.6. The van der Waals surface area contributed by atoms with Crippen molar-refractivity contribution in [3.05, 3.63) is 71.2 Å². The lowest BCUT2D eigenvalue weighted by Gasteiger charge is -2.31. The van der Waals surface area contributed by atoms with Gasteiger partial charge in [0.05, 0.1) is 24.5 Å².